The van der Waals surface area contributed by atoms with Crippen LogP contribution in [0.2, 0.25) is 0 Å². The lowest BCUT2D eigenvalue weighted by Crippen LogP contribution is -2.49. The van der Waals surface area contributed by atoms with Gasteiger partial charge in [0.15, 0.2) is 35.2 Å². The monoisotopic (exact) mass is 658 g/mol. The maximum absolute atomic E-state index is 13.6. The van der Waals surface area contributed by atoms with Crippen molar-refractivity contribution < 1.29 is 65.5 Å². The number of phenolic OH excluding ortho intramolecular Hbond substituents is 3. The van der Waals surface area contributed by atoms with Gasteiger partial charge < -0.3 is 56.0 Å². The van der Waals surface area contributed by atoms with Crippen molar-refractivity contribution in [2.75, 3.05) is 26.2 Å². The molecule has 16 heteroatoms. The Morgan fingerprint density at radius 1 is 0.766 bits per heavy atom. The number of rotatable bonds is 7. The molecule has 0 radical (unpaired) electrons. The number of fused-ring (bicyclic) bond motifs is 1. The molecular formula is C31H34N2O14. The van der Waals surface area contributed by atoms with Gasteiger partial charge in [-0.25, -0.2) is 9.59 Å². The molecule has 2 unspecified atom stereocenters. The number of aliphatic carboxylic acids is 2. The number of nitrogens with zero attached hydrogens (tertiary/aromatic N) is 2. The Kier molecular flexibility index (Phi) is 13.0. The number of aliphatic hydroxyl groups excluding tert-OH is 2. The summed E-state index contributed by atoms with van der Waals surface area (Å²) in [5.74, 6) is -5.97. The van der Waals surface area contributed by atoms with Gasteiger partial charge in [0, 0.05) is 38.3 Å². The van der Waals surface area contributed by atoms with E-state index in [-0.39, 0.29) is 38.8 Å². The summed E-state index contributed by atoms with van der Waals surface area (Å²) in [6.07, 6.45) is -4.53. The minimum Gasteiger partial charge on any atom is -0.504 e. The average Bonchev–Trinajstić information content (AvgIpc) is 3.03. The van der Waals surface area contributed by atoms with Crippen LogP contribution >= 0.6 is 0 Å². The van der Waals surface area contributed by atoms with Gasteiger partial charge in [-0.15, -0.1) is 0 Å². The van der Waals surface area contributed by atoms with Gasteiger partial charge in [-0.05, 0) is 29.8 Å². The van der Waals surface area contributed by atoms with Crippen LogP contribution in [0.4, 0.5) is 0 Å². The number of aliphatic hydroxyl groups is 2. The first kappa shape index (κ1) is 37.7. The van der Waals surface area contributed by atoms with E-state index in [0.29, 0.717) is 26.2 Å². The number of carboxylic acids is 2. The molecular weight excluding hydrogens is 624 g/mol. The van der Waals surface area contributed by atoms with Crippen molar-refractivity contribution >= 4 is 28.8 Å². The normalized spacial score (nSPS) is 14.0. The number of hydrogen-bond donors (Lipinski definition) is 7. The summed E-state index contributed by atoms with van der Waals surface area (Å²) in [4.78, 5) is 50.5. The standard InChI is InChI=1S/C27H24N2O6.C4H6O6.2H2O/c30-20-14-18(15-21(31)25(20)33)26-23(24(32)19-8-4-5-9-22(19)35-26)27(34)29-12-10-28(11-13-29)16-17-6-2-1-3-7-17;5-1(3(7)8)2(6)4(9)10;;/h1-9,14-15,30-31,33H,10-13,16H2;1-2,5-6H,(H,7,8)(H,9,10);2*1H2. The minimum atomic E-state index is -2.27. The number of phenols is 3. The lowest BCUT2D eigenvalue weighted by molar-refractivity contribution is -0.165. The maximum Gasteiger partial charge on any atom is 0.335 e. The molecule has 1 aliphatic rings. The van der Waals surface area contributed by atoms with Crippen molar-refractivity contribution in [2.45, 2.75) is 18.8 Å². The van der Waals surface area contributed by atoms with Crippen molar-refractivity contribution in [1.29, 1.82) is 0 Å². The zero-order chi connectivity index (χ0) is 32.8. The number of carbonyl (C=O) groups excluding carboxylic acids is 1. The average molecular weight is 659 g/mol. The summed E-state index contributed by atoms with van der Waals surface area (Å²) >= 11 is 0. The van der Waals surface area contributed by atoms with E-state index in [1.165, 1.54) is 5.56 Å². The molecule has 2 atom stereocenters. The highest BCUT2D eigenvalue weighted by molar-refractivity contribution is 6.02. The molecule has 3 aromatic carbocycles. The van der Waals surface area contributed by atoms with E-state index in [0.717, 1.165) is 18.7 Å². The van der Waals surface area contributed by atoms with E-state index in [2.05, 4.69) is 17.0 Å². The number of benzene rings is 3. The van der Waals surface area contributed by atoms with Gasteiger partial charge in [-0.2, -0.15) is 0 Å². The Balaban J connectivity index is 0.000000559. The molecule has 0 bridgehead atoms. The molecule has 16 nitrogen and oxygen atoms in total. The predicted octanol–water partition coefficient (Wildman–Crippen LogP) is -0.237. The molecule has 47 heavy (non-hydrogen) atoms. The first-order chi connectivity index (χ1) is 21.4. The third-order valence-electron chi connectivity index (χ3n) is 7.06. The second kappa shape index (κ2) is 16.2. The molecule has 1 aromatic heterocycles. The quantitative estimate of drug-likeness (QED) is 0.126. The zero-order valence-electron chi connectivity index (χ0n) is 24.6. The Hall–Kier alpha value is -5.52. The van der Waals surface area contributed by atoms with Gasteiger partial charge in [0.1, 0.15) is 11.1 Å². The van der Waals surface area contributed by atoms with Gasteiger partial charge in [-0.3, -0.25) is 14.5 Å². The fraction of sp³-hybridized carbons (Fsp3) is 0.226. The first-order valence-corrected chi connectivity index (χ1v) is 13.6. The van der Waals surface area contributed by atoms with E-state index in [9.17, 15) is 34.5 Å². The fourth-order valence-corrected chi connectivity index (χ4v) is 4.65. The van der Waals surface area contributed by atoms with Gasteiger partial charge in [0.2, 0.25) is 5.43 Å². The van der Waals surface area contributed by atoms with Crippen molar-refractivity contribution in [2.24, 2.45) is 0 Å². The van der Waals surface area contributed by atoms with Crippen LogP contribution in [-0.2, 0) is 16.1 Å². The summed E-state index contributed by atoms with van der Waals surface area (Å²) in [5.41, 5.74) is 0.891. The van der Waals surface area contributed by atoms with Crippen molar-refractivity contribution in [1.82, 2.24) is 9.80 Å². The zero-order valence-corrected chi connectivity index (χ0v) is 24.6. The molecule has 0 saturated carbocycles. The van der Waals surface area contributed by atoms with Gasteiger partial charge in [0.05, 0.1) is 5.39 Å². The Labute approximate surface area is 265 Å². The van der Waals surface area contributed by atoms with E-state index < -0.39 is 52.7 Å². The smallest absolute Gasteiger partial charge is 0.335 e. The second-order valence-corrected chi connectivity index (χ2v) is 10.1. The molecule has 4 aromatic rings. The number of hydrogen-bond acceptors (Lipinski definition) is 11. The molecule has 11 N–H and O–H groups in total. The minimum absolute atomic E-state index is 0. The van der Waals surface area contributed by atoms with E-state index >= 15 is 0 Å². The first-order valence-electron chi connectivity index (χ1n) is 13.6. The van der Waals surface area contributed by atoms with Crippen molar-refractivity contribution in [3.63, 3.8) is 0 Å². The lowest BCUT2D eigenvalue weighted by atomic mass is 10.0. The number of aromatic hydroxyl groups is 3. The van der Waals surface area contributed by atoms with Gasteiger partial charge >= 0.3 is 11.9 Å². The maximum atomic E-state index is 13.6. The number of piperazine rings is 1. The van der Waals surface area contributed by atoms with Crippen LogP contribution in [-0.4, -0.2) is 113 Å². The highest BCUT2D eigenvalue weighted by Crippen LogP contribution is 2.40. The number of amides is 1. The Morgan fingerprint density at radius 3 is 1.81 bits per heavy atom. The van der Waals surface area contributed by atoms with E-state index in [1.54, 1.807) is 29.2 Å². The molecule has 1 fully saturated rings. The molecule has 2 heterocycles. The van der Waals surface area contributed by atoms with E-state index in [4.69, 9.17) is 24.8 Å². The van der Waals surface area contributed by atoms with Crippen molar-refractivity contribution in [3.05, 3.63) is 88.1 Å². The highest BCUT2D eigenvalue weighted by atomic mass is 16.4. The molecule has 0 aliphatic carbocycles. The largest absolute Gasteiger partial charge is 0.504 e. The highest BCUT2D eigenvalue weighted by Gasteiger charge is 2.30. The van der Waals surface area contributed by atoms with Crippen LogP contribution in [0.1, 0.15) is 15.9 Å². The Bertz CT molecular complexity index is 1730. The molecule has 0 spiro atoms. The van der Waals surface area contributed by atoms with Crippen LogP contribution in [0.15, 0.2) is 75.9 Å². The third-order valence-corrected chi connectivity index (χ3v) is 7.06. The molecule has 252 valence electrons. The topological polar surface area (TPSA) is 293 Å². The summed E-state index contributed by atoms with van der Waals surface area (Å²) in [5, 5.41) is 62.6. The SMILES string of the molecule is O.O.O=C(O)C(O)C(O)C(=O)O.O=C(c1c(-c2cc(O)c(O)c(O)c2)oc2ccccc2c1=O)N1CCN(Cc2ccccc2)CC1. The van der Waals surface area contributed by atoms with Crippen molar-refractivity contribution in [3.8, 4) is 28.6 Å². The summed E-state index contributed by atoms with van der Waals surface area (Å²) in [6, 6.07) is 19.0. The summed E-state index contributed by atoms with van der Waals surface area (Å²) < 4.78 is 5.96. The fourth-order valence-electron chi connectivity index (χ4n) is 4.65. The van der Waals surface area contributed by atoms with Crippen LogP contribution in [0.25, 0.3) is 22.3 Å². The molecule has 5 rings (SSSR count). The number of carboxylic acid groups (broad SMARTS) is 2. The van der Waals surface area contributed by atoms with Gasteiger partial charge in [-0.1, -0.05) is 42.5 Å². The van der Waals surface area contributed by atoms with Gasteiger partial charge in [0.25, 0.3) is 5.91 Å². The molecule has 1 amide bonds. The predicted molar refractivity (Wildman–Crippen MR) is 165 cm³/mol. The summed E-state index contributed by atoms with van der Waals surface area (Å²) in [7, 11) is 0. The Morgan fingerprint density at radius 2 is 1.28 bits per heavy atom. The molecule has 1 aliphatic heterocycles. The lowest BCUT2D eigenvalue weighted by Gasteiger charge is -2.34. The molecule has 1 saturated heterocycles. The number of para-hydroxylation sites is 1. The van der Waals surface area contributed by atoms with Crippen LogP contribution in [0.3, 0.4) is 0 Å². The van der Waals surface area contributed by atoms with Crippen LogP contribution < -0.4 is 5.43 Å². The summed E-state index contributed by atoms with van der Waals surface area (Å²) in [6.45, 7) is 2.94. The van der Waals surface area contributed by atoms with E-state index in [1.807, 2.05) is 18.2 Å². The third kappa shape index (κ3) is 8.60. The van der Waals surface area contributed by atoms with Crippen LogP contribution in [0, 0.1) is 0 Å². The number of carbonyl (C=O) groups is 3. The van der Waals surface area contributed by atoms with Crippen LogP contribution in [0.5, 0.6) is 17.2 Å². The second-order valence-electron chi connectivity index (χ2n) is 10.1.